The highest BCUT2D eigenvalue weighted by Gasteiger charge is 2.31. The van der Waals surface area contributed by atoms with Gasteiger partial charge in [-0.05, 0) is 76.0 Å². The standard InChI is InChI=1S/C22H44N6O5S/c1-14(2)18(28-19(29)15(25)10-13-34-3)21(31)26-16(8-4-6-11-23)20(30)27-17(22(32)33)9-5-7-12-24/h14-18H,4-13,23-25H2,1-3H3,(H,26,31)(H,27,30)(H,28,29)(H,32,33). The van der Waals surface area contributed by atoms with Crippen molar-refractivity contribution in [2.75, 3.05) is 25.1 Å². The molecule has 0 saturated heterocycles. The number of nitrogens with one attached hydrogen (secondary N) is 3. The van der Waals surface area contributed by atoms with Crippen LogP contribution in [0.3, 0.4) is 0 Å². The molecule has 34 heavy (non-hydrogen) atoms. The van der Waals surface area contributed by atoms with Crippen LogP contribution in [0.4, 0.5) is 0 Å². The Bertz CT molecular complexity index is 637. The van der Waals surface area contributed by atoms with Crippen molar-refractivity contribution in [2.24, 2.45) is 23.1 Å². The average molecular weight is 505 g/mol. The molecular formula is C22H44N6O5S. The number of hydrogen-bond acceptors (Lipinski definition) is 8. The van der Waals surface area contributed by atoms with Crippen molar-refractivity contribution in [3.8, 4) is 0 Å². The monoisotopic (exact) mass is 504 g/mol. The van der Waals surface area contributed by atoms with Gasteiger partial charge < -0.3 is 38.3 Å². The highest BCUT2D eigenvalue weighted by Crippen LogP contribution is 2.09. The van der Waals surface area contributed by atoms with Gasteiger partial charge in [-0.25, -0.2) is 4.79 Å². The van der Waals surface area contributed by atoms with Gasteiger partial charge >= 0.3 is 5.97 Å². The van der Waals surface area contributed by atoms with Gasteiger partial charge in [-0.1, -0.05) is 13.8 Å². The summed E-state index contributed by atoms with van der Waals surface area (Å²) >= 11 is 1.57. The van der Waals surface area contributed by atoms with Crippen molar-refractivity contribution in [1.29, 1.82) is 0 Å². The molecule has 0 aliphatic heterocycles. The summed E-state index contributed by atoms with van der Waals surface area (Å²) in [4.78, 5) is 50.0. The Morgan fingerprint density at radius 2 is 1.32 bits per heavy atom. The highest BCUT2D eigenvalue weighted by molar-refractivity contribution is 7.98. The Kier molecular flexibility index (Phi) is 17.4. The topological polar surface area (TPSA) is 203 Å². The number of nitrogens with two attached hydrogens (primary N) is 3. The first kappa shape index (κ1) is 32.1. The molecule has 0 aliphatic carbocycles. The number of thioether (sulfide) groups is 1. The number of carbonyl (C=O) groups excluding carboxylic acids is 3. The minimum absolute atomic E-state index is 0.236. The van der Waals surface area contributed by atoms with Crippen molar-refractivity contribution < 1.29 is 24.3 Å². The molecular weight excluding hydrogens is 460 g/mol. The molecule has 4 unspecified atom stereocenters. The summed E-state index contributed by atoms with van der Waals surface area (Å²) < 4.78 is 0. The van der Waals surface area contributed by atoms with Crippen LogP contribution in [0.1, 0.15) is 58.8 Å². The maximum Gasteiger partial charge on any atom is 0.326 e. The Morgan fingerprint density at radius 1 is 0.794 bits per heavy atom. The van der Waals surface area contributed by atoms with Crippen molar-refractivity contribution in [2.45, 2.75) is 83.0 Å². The van der Waals surface area contributed by atoms with Gasteiger partial charge in [-0.2, -0.15) is 11.8 Å². The van der Waals surface area contributed by atoms with Gasteiger partial charge in [0.1, 0.15) is 18.1 Å². The minimum Gasteiger partial charge on any atom is -0.480 e. The minimum atomic E-state index is -1.15. The lowest BCUT2D eigenvalue weighted by Crippen LogP contribution is -2.58. The molecule has 12 heteroatoms. The number of carboxylic acids is 1. The third-order valence-electron chi connectivity index (χ3n) is 5.36. The van der Waals surface area contributed by atoms with Crippen LogP contribution in [0, 0.1) is 5.92 Å². The van der Waals surface area contributed by atoms with Gasteiger partial charge in [0.2, 0.25) is 17.7 Å². The fourth-order valence-electron chi connectivity index (χ4n) is 3.22. The van der Waals surface area contributed by atoms with Crippen LogP contribution >= 0.6 is 11.8 Å². The molecule has 4 atom stereocenters. The van der Waals surface area contributed by atoms with Crippen molar-refractivity contribution in [1.82, 2.24) is 16.0 Å². The summed E-state index contributed by atoms with van der Waals surface area (Å²) in [5.74, 6) is -2.24. The highest BCUT2D eigenvalue weighted by atomic mass is 32.2. The van der Waals surface area contributed by atoms with E-state index < -0.39 is 47.9 Å². The summed E-state index contributed by atoms with van der Waals surface area (Å²) in [7, 11) is 0. The summed E-state index contributed by atoms with van der Waals surface area (Å²) in [5.41, 5.74) is 16.9. The van der Waals surface area contributed by atoms with Crippen LogP contribution in [-0.4, -0.2) is 78.1 Å². The van der Waals surface area contributed by atoms with E-state index in [1.165, 1.54) is 0 Å². The van der Waals surface area contributed by atoms with E-state index in [1.807, 2.05) is 6.26 Å². The maximum atomic E-state index is 13.0. The first-order chi connectivity index (χ1) is 16.1. The number of hydrogen-bond donors (Lipinski definition) is 7. The number of unbranched alkanes of at least 4 members (excludes halogenated alkanes) is 2. The molecule has 0 rings (SSSR count). The van der Waals surface area contributed by atoms with Crippen LogP contribution in [0.5, 0.6) is 0 Å². The van der Waals surface area contributed by atoms with Gasteiger partial charge in [0.25, 0.3) is 0 Å². The predicted octanol–water partition coefficient (Wildman–Crippen LogP) is -0.480. The summed E-state index contributed by atoms with van der Waals surface area (Å²) in [5, 5.41) is 17.4. The van der Waals surface area contributed by atoms with E-state index in [0.717, 1.165) is 0 Å². The van der Waals surface area contributed by atoms with E-state index >= 15 is 0 Å². The molecule has 0 bridgehead atoms. The molecule has 11 nitrogen and oxygen atoms in total. The molecule has 10 N–H and O–H groups in total. The molecule has 0 saturated carbocycles. The molecule has 3 amide bonds. The number of carbonyl (C=O) groups is 4. The third kappa shape index (κ3) is 13.1. The fraction of sp³-hybridized carbons (Fsp3) is 0.818. The molecule has 0 aliphatic rings. The van der Waals surface area contributed by atoms with E-state index in [2.05, 4.69) is 16.0 Å². The summed E-state index contributed by atoms with van der Waals surface area (Å²) in [6.07, 6.45) is 5.32. The number of amides is 3. The third-order valence-corrected chi connectivity index (χ3v) is 6.00. The van der Waals surface area contributed by atoms with E-state index in [4.69, 9.17) is 17.2 Å². The average Bonchev–Trinajstić information content (AvgIpc) is 2.78. The molecule has 0 aromatic rings. The normalized spacial score (nSPS) is 14.7. The second-order valence-electron chi connectivity index (χ2n) is 8.65. The fourth-order valence-corrected chi connectivity index (χ4v) is 3.71. The second kappa shape index (κ2) is 18.4. The Hall–Kier alpha value is -1.89. The van der Waals surface area contributed by atoms with Crippen LogP contribution < -0.4 is 33.2 Å². The number of aliphatic carboxylic acids is 1. The lowest BCUT2D eigenvalue weighted by Gasteiger charge is -2.27. The van der Waals surface area contributed by atoms with E-state index in [1.54, 1.807) is 25.6 Å². The maximum absolute atomic E-state index is 13.0. The zero-order valence-electron chi connectivity index (χ0n) is 20.7. The molecule has 0 heterocycles. The van der Waals surface area contributed by atoms with Gasteiger partial charge in [0.05, 0.1) is 6.04 Å². The van der Waals surface area contributed by atoms with Crippen molar-refractivity contribution >= 4 is 35.5 Å². The largest absolute Gasteiger partial charge is 0.480 e. The molecule has 0 radical (unpaired) electrons. The smallest absolute Gasteiger partial charge is 0.326 e. The van der Waals surface area contributed by atoms with E-state index in [0.29, 0.717) is 50.9 Å². The van der Waals surface area contributed by atoms with Gasteiger partial charge in [-0.15, -0.1) is 0 Å². The predicted molar refractivity (Wildman–Crippen MR) is 135 cm³/mol. The van der Waals surface area contributed by atoms with Crippen LogP contribution in [0.25, 0.3) is 0 Å². The number of carboxylic acid groups (broad SMARTS) is 1. The van der Waals surface area contributed by atoms with Crippen LogP contribution in [0.2, 0.25) is 0 Å². The Balaban J connectivity index is 5.35. The zero-order valence-corrected chi connectivity index (χ0v) is 21.5. The lowest BCUT2D eigenvalue weighted by atomic mass is 10.0. The van der Waals surface area contributed by atoms with Crippen LogP contribution in [0.15, 0.2) is 0 Å². The van der Waals surface area contributed by atoms with Crippen molar-refractivity contribution in [3.05, 3.63) is 0 Å². The number of rotatable bonds is 19. The summed E-state index contributed by atoms with van der Waals surface area (Å²) in [6.45, 7) is 4.41. The molecule has 0 spiro atoms. The first-order valence-electron chi connectivity index (χ1n) is 11.9. The van der Waals surface area contributed by atoms with Gasteiger partial charge in [0.15, 0.2) is 0 Å². The molecule has 0 aromatic heterocycles. The van der Waals surface area contributed by atoms with Gasteiger partial charge in [-0.3, -0.25) is 14.4 Å². The molecule has 198 valence electrons. The van der Waals surface area contributed by atoms with Gasteiger partial charge in [0, 0.05) is 0 Å². The molecule has 0 fully saturated rings. The van der Waals surface area contributed by atoms with E-state index in [9.17, 15) is 24.3 Å². The second-order valence-corrected chi connectivity index (χ2v) is 9.63. The zero-order chi connectivity index (χ0) is 26.1. The Labute approximate surface area is 207 Å². The van der Waals surface area contributed by atoms with Crippen LogP contribution in [-0.2, 0) is 19.2 Å². The Morgan fingerprint density at radius 3 is 1.79 bits per heavy atom. The quantitative estimate of drug-likeness (QED) is 0.113. The summed E-state index contributed by atoms with van der Waals surface area (Å²) in [6, 6.07) is -3.67. The lowest BCUT2D eigenvalue weighted by molar-refractivity contribution is -0.142. The van der Waals surface area contributed by atoms with E-state index in [-0.39, 0.29) is 18.8 Å². The SMILES string of the molecule is CSCCC(N)C(=O)NC(C(=O)NC(CCCCN)C(=O)NC(CCCCN)C(=O)O)C(C)C. The molecule has 0 aromatic carbocycles. The first-order valence-corrected chi connectivity index (χ1v) is 13.3. The van der Waals surface area contributed by atoms with Crippen molar-refractivity contribution in [3.63, 3.8) is 0 Å².